The van der Waals surface area contributed by atoms with Crippen LogP contribution in [0.4, 0.5) is 0 Å². The third-order valence-corrected chi connectivity index (χ3v) is 6.98. The van der Waals surface area contributed by atoms with Gasteiger partial charge in [0, 0.05) is 36.5 Å². The Morgan fingerprint density at radius 3 is 2.44 bits per heavy atom. The third-order valence-electron chi connectivity index (χ3n) is 6.98. The van der Waals surface area contributed by atoms with Crippen LogP contribution in [-0.4, -0.2) is 81.1 Å². The molecule has 2 aromatic carbocycles. The first kappa shape index (κ1) is 27.8. The number of hydrogen-bond acceptors (Lipinski definition) is 6. The number of H-pyrrole nitrogens is 1. The molecule has 2 heterocycles. The zero-order chi connectivity index (χ0) is 27.9. The van der Waals surface area contributed by atoms with Gasteiger partial charge in [0.25, 0.3) is 0 Å². The van der Waals surface area contributed by atoms with Crippen LogP contribution in [0.1, 0.15) is 24.0 Å². The van der Waals surface area contributed by atoms with Crippen molar-refractivity contribution in [2.45, 2.75) is 49.9 Å². The summed E-state index contributed by atoms with van der Waals surface area (Å²) < 4.78 is 0. The Labute approximate surface area is 225 Å². The SMILES string of the molecule is N[C@@H](CO)C(=O)N1CCC[C@H]1C(=O)N[C@@H](Cc1ccccc1)C(=O)N[C@@H](Cc1c[nH]c2ccccc12)C(=O)O. The van der Waals surface area contributed by atoms with E-state index in [-0.39, 0.29) is 12.8 Å². The van der Waals surface area contributed by atoms with Gasteiger partial charge < -0.3 is 36.5 Å². The molecule has 1 aliphatic rings. The maximum atomic E-state index is 13.4. The predicted octanol–water partition coefficient (Wildman–Crippen LogP) is 0.318. The van der Waals surface area contributed by atoms with Gasteiger partial charge in [0.2, 0.25) is 17.7 Å². The van der Waals surface area contributed by atoms with Crippen molar-refractivity contribution in [2.75, 3.05) is 13.2 Å². The number of aliphatic hydroxyl groups is 1. The van der Waals surface area contributed by atoms with Gasteiger partial charge in [-0.15, -0.1) is 0 Å². The molecule has 11 nitrogen and oxygen atoms in total. The number of rotatable bonds is 11. The summed E-state index contributed by atoms with van der Waals surface area (Å²) >= 11 is 0. The van der Waals surface area contributed by atoms with E-state index in [0.29, 0.717) is 19.4 Å². The van der Waals surface area contributed by atoms with Crippen LogP contribution in [0, 0.1) is 0 Å². The van der Waals surface area contributed by atoms with Gasteiger partial charge in [-0.3, -0.25) is 14.4 Å². The van der Waals surface area contributed by atoms with Crippen LogP contribution < -0.4 is 16.4 Å². The maximum absolute atomic E-state index is 13.4. The number of nitrogens with zero attached hydrogens (tertiary/aromatic N) is 1. The van der Waals surface area contributed by atoms with Gasteiger partial charge in [-0.2, -0.15) is 0 Å². The lowest BCUT2D eigenvalue weighted by atomic mass is 10.0. The van der Waals surface area contributed by atoms with Crippen LogP contribution in [0.2, 0.25) is 0 Å². The van der Waals surface area contributed by atoms with Gasteiger partial charge in [0.15, 0.2) is 0 Å². The molecule has 3 aromatic rings. The van der Waals surface area contributed by atoms with Crippen molar-refractivity contribution >= 4 is 34.6 Å². The number of nitrogens with two attached hydrogens (primary N) is 1. The van der Waals surface area contributed by atoms with E-state index in [2.05, 4.69) is 15.6 Å². The van der Waals surface area contributed by atoms with E-state index in [1.807, 2.05) is 30.3 Å². The van der Waals surface area contributed by atoms with Crippen LogP contribution in [0.15, 0.2) is 60.8 Å². The van der Waals surface area contributed by atoms with Crippen molar-refractivity contribution in [3.63, 3.8) is 0 Å². The van der Waals surface area contributed by atoms with Gasteiger partial charge in [0.05, 0.1) is 6.61 Å². The van der Waals surface area contributed by atoms with Gasteiger partial charge in [0.1, 0.15) is 24.2 Å². The van der Waals surface area contributed by atoms with Gasteiger partial charge in [-0.05, 0) is 30.0 Å². The molecule has 0 spiro atoms. The number of aliphatic carboxylic acids is 1. The minimum Gasteiger partial charge on any atom is -0.480 e. The lowest BCUT2D eigenvalue weighted by Gasteiger charge is -2.28. The number of carbonyl (C=O) groups excluding carboxylic acids is 3. The second-order valence-electron chi connectivity index (χ2n) is 9.69. The van der Waals surface area contributed by atoms with E-state index < -0.39 is 54.5 Å². The first-order valence-electron chi connectivity index (χ1n) is 12.9. The number of carboxylic acids is 1. The topological polar surface area (TPSA) is 178 Å². The first-order chi connectivity index (χ1) is 18.8. The minimum atomic E-state index is -1.24. The van der Waals surface area contributed by atoms with Gasteiger partial charge in [-0.25, -0.2) is 4.79 Å². The minimum absolute atomic E-state index is 0.0427. The summed E-state index contributed by atoms with van der Waals surface area (Å²) in [5, 5.41) is 25.4. The Bertz CT molecular complexity index is 1330. The molecule has 0 radical (unpaired) electrons. The normalized spacial score (nSPS) is 17.4. The molecule has 1 fully saturated rings. The van der Waals surface area contributed by atoms with Crippen molar-refractivity contribution < 1.29 is 29.4 Å². The average Bonchev–Trinajstić information content (AvgIpc) is 3.59. The summed E-state index contributed by atoms with van der Waals surface area (Å²) in [6.07, 6.45) is 2.84. The third kappa shape index (κ3) is 6.62. The monoisotopic (exact) mass is 535 g/mol. The van der Waals surface area contributed by atoms with Crippen LogP contribution in [0.5, 0.6) is 0 Å². The van der Waals surface area contributed by atoms with Gasteiger partial charge in [-0.1, -0.05) is 48.5 Å². The quantitative estimate of drug-likeness (QED) is 0.205. The second-order valence-corrected chi connectivity index (χ2v) is 9.69. The lowest BCUT2D eigenvalue weighted by molar-refractivity contribution is -0.143. The Morgan fingerprint density at radius 2 is 1.72 bits per heavy atom. The van der Waals surface area contributed by atoms with E-state index in [9.17, 15) is 29.4 Å². The number of fused-ring (bicyclic) bond motifs is 1. The number of nitrogens with one attached hydrogen (secondary N) is 3. The first-order valence-corrected chi connectivity index (χ1v) is 12.9. The Kier molecular flexibility index (Phi) is 8.95. The molecule has 3 amide bonds. The van der Waals surface area contributed by atoms with E-state index in [1.54, 1.807) is 30.5 Å². The van der Waals surface area contributed by atoms with Crippen molar-refractivity contribution in [1.82, 2.24) is 20.5 Å². The highest BCUT2D eigenvalue weighted by Gasteiger charge is 2.38. The summed E-state index contributed by atoms with van der Waals surface area (Å²) in [6.45, 7) is -0.235. The largest absolute Gasteiger partial charge is 0.480 e. The molecule has 0 saturated carbocycles. The molecule has 11 heteroatoms. The van der Waals surface area contributed by atoms with Crippen LogP contribution in [-0.2, 0) is 32.0 Å². The smallest absolute Gasteiger partial charge is 0.326 e. The molecule has 4 atom stereocenters. The zero-order valence-corrected chi connectivity index (χ0v) is 21.4. The Balaban J connectivity index is 1.52. The number of likely N-dealkylation sites (tertiary alicyclic amines) is 1. The van der Waals surface area contributed by atoms with Crippen LogP contribution in [0.3, 0.4) is 0 Å². The number of carboxylic acid groups (broad SMARTS) is 1. The molecule has 1 aromatic heterocycles. The molecule has 4 rings (SSSR count). The zero-order valence-electron chi connectivity index (χ0n) is 21.4. The lowest BCUT2D eigenvalue weighted by Crippen LogP contribution is -2.57. The molecule has 0 bridgehead atoms. The average molecular weight is 536 g/mol. The van der Waals surface area contributed by atoms with Crippen LogP contribution in [0.25, 0.3) is 10.9 Å². The fourth-order valence-corrected chi connectivity index (χ4v) is 4.91. The number of aromatic nitrogens is 1. The number of carbonyl (C=O) groups is 4. The molecule has 0 aliphatic carbocycles. The Hall–Kier alpha value is -4.22. The number of hydrogen-bond donors (Lipinski definition) is 6. The Morgan fingerprint density at radius 1 is 1.00 bits per heavy atom. The number of aliphatic hydroxyl groups excluding tert-OH is 1. The van der Waals surface area contributed by atoms with E-state index in [0.717, 1.165) is 22.0 Å². The standard InChI is InChI=1S/C28H33N5O6/c29-20(16-34)27(37)33-12-6-11-24(33)26(36)31-22(13-17-7-2-1-3-8-17)25(35)32-23(28(38)39)14-18-15-30-21-10-5-4-9-19(18)21/h1-5,7-10,15,20,22-24,30,34H,6,11-14,16,29H2,(H,31,36)(H,32,35)(H,38,39)/t20-,22-,23-,24-/m0/s1. The van der Waals surface area contributed by atoms with E-state index in [4.69, 9.17) is 5.73 Å². The van der Waals surface area contributed by atoms with Crippen molar-refractivity contribution in [3.05, 3.63) is 71.9 Å². The molecule has 0 unspecified atom stereocenters. The number of para-hydroxylation sites is 1. The van der Waals surface area contributed by atoms with Gasteiger partial charge >= 0.3 is 5.97 Å². The van der Waals surface area contributed by atoms with Crippen molar-refractivity contribution in [1.29, 1.82) is 0 Å². The number of amides is 3. The van der Waals surface area contributed by atoms with Crippen molar-refractivity contribution in [2.24, 2.45) is 5.73 Å². The molecule has 1 saturated heterocycles. The number of aromatic amines is 1. The molecule has 39 heavy (non-hydrogen) atoms. The van der Waals surface area contributed by atoms with Crippen LogP contribution >= 0.6 is 0 Å². The summed E-state index contributed by atoms with van der Waals surface area (Å²) in [4.78, 5) is 55.9. The molecular formula is C28H33N5O6. The second kappa shape index (κ2) is 12.5. The molecule has 206 valence electrons. The fourth-order valence-electron chi connectivity index (χ4n) is 4.91. The predicted molar refractivity (Wildman–Crippen MR) is 143 cm³/mol. The molecular weight excluding hydrogens is 502 g/mol. The summed E-state index contributed by atoms with van der Waals surface area (Å²) in [5.41, 5.74) is 8.05. The summed E-state index contributed by atoms with van der Waals surface area (Å²) in [5.74, 6) is -2.93. The summed E-state index contributed by atoms with van der Waals surface area (Å²) in [6, 6.07) is 12.2. The highest BCUT2D eigenvalue weighted by Crippen LogP contribution is 2.20. The summed E-state index contributed by atoms with van der Waals surface area (Å²) in [7, 11) is 0. The highest BCUT2D eigenvalue weighted by molar-refractivity contribution is 5.95. The maximum Gasteiger partial charge on any atom is 0.326 e. The highest BCUT2D eigenvalue weighted by atomic mass is 16.4. The molecule has 1 aliphatic heterocycles. The molecule has 7 N–H and O–H groups in total. The fraction of sp³-hybridized carbons (Fsp3) is 0.357. The van der Waals surface area contributed by atoms with Crippen molar-refractivity contribution in [3.8, 4) is 0 Å². The number of benzene rings is 2. The van der Waals surface area contributed by atoms with E-state index >= 15 is 0 Å². The van der Waals surface area contributed by atoms with E-state index in [1.165, 1.54) is 4.90 Å².